The van der Waals surface area contributed by atoms with E-state index in [9.17, 15) is 15.2 Å². The van der Waals surface area contributed by atoms with E-state index in [1.165, 1.54) is 6.08 Å². The topological polar surface area (TPSA) is 76.9 Å². The van der Waals surface area contributed by atoms with E-state index in [2.05, 4.69) is 4.98 Å². The number of nitrogens with zero attached hydrogens (tertiary/aromatic N) is 1. The number of aliphatic hydroxyl groups excluding tert-OH is 1. The highest BCUT2D eigenvalue weighted by molar-refractivity contribution is 6.18. The summed E-state index contributed by atoms with van der Waals surface area (Å²) in [6.45, 7) is 0. The molecule has 0 saturated carbocycles. The lowest BCUT2D eigenvalue weighted by atomic mass is 9.93. The third-order valence-corrected chi connectivity index (χ3v) is 3.46. The van der Waals surface area contributed by atoms with Gasteiger partial charge >= 0.3 is 0 Å². The number of H-pyrrole nitrogens is 1. The SMILES string of the molecule is N#C/C(C(=O)c1c[nH]c2ccccc12)=C1/C=CC=CC1O. The number of aromatic amines is 1. The molecule has 0 saturated heterocycles. The highest BCUT2D eigenvalue weighted by Crippen LogP contribution is 2.24. The van der Waals surface area contributed by atoms with Crippen molar-refractivity contribution in [1.29, 1.82) is 5.26 Å². The molecule has 0 fully saturated rings. The lowest BCUT2D eigenvalue weighted by Gasteiger charge is -2.12. The van der Waals surface area contributed by atoms with Crippen molar-refractivity contribution in [3.8, 4) is 6.07 Å². The number of hydrogen-bond acceptors (Lipinski definition) is 3. The van der Waals surface area contributed by atoms with Crippen LogP contribution in [0.15, 0.2) is 65.9 Å². The zero-order valence-electron chi connectivity index (χ0n) is 11.1. The number of para-hydroxylation sites is 1. The van der Waals surface area contributed by atoms with Crippen molar-refractivity contribution in [3.63, 3.8) is 0 Å². The first kappa shape index (κ1) is 13.1. The van der Waals surface area contributed by atoms with Crippen LogP contribution < -0.4 is 0 Å². The molecule has 0 aliphatic heterocycles. The number of rotatable bonds is 2. The van der Waals surface area contributed by atoms with Gasteiger partial charge in [0.25, 0.3) is 0 Å². The summed E-state index contributed by atoms with van der Waals surface area (Å²) in [7, 11) is 0. The minimum absolute atomic E-state index is 0.0344. The van der Waals surface area contributed by atoms with E-state index in [0.717, 1.165) is 10.9 Å². The summed E-state index contributed by atoms with van der Waals surface area (Å²) in [5.74, 6) is -0.385. The van der Waals surface area contributed by atoms with Crippen LogP contribution in [0.3, 0.4) is 0 Å². The number of fused-ring (bicyclic) bond motifs is 1. The second-order valence-corrected chi connectivity index (χ2v) is 4.71. The first-order chi connectivity index (χ1) is 10.2. The normalized spacial score (nSPS) is 19.5. The number of aliphatic hydroxyl groups is 1. The minimum Gasteiger partial charge on any atom is -0.384 e. The van der Waals surface area contributed by atoms with Gasteiger partial charge in [0.2, 0.25) is 5.78 Å². The summed E-state index contributed by atoms with van der Waals surface area (Å²) in [5, 5.41) is 20.0. The van der Waals surface area contributed by atoms with Gasteiger partial charge in [-0.15, -0.1) is 0 Å². The van der Waals surface area contributed by atoms with Crippen LogP contribution in [-0.4, -0.2) is 22.0 Å². The van der Waals surface area contributed by atoms with Crippen LogP contribution in [0.4, 0.5) is 0 Å². The summed E-state index contributed by atoms with van der Waals surface area (Å²) < 4.78 is 0. The molecule has 21 heavy (non-hydrogen) atoms. The second-order valence-electron chi connectivity index (χ2n) is 4.71. The van der Waals surface area contributed by atoms with Crippen LogP contribution in [0.25, 0.3) is 10.9 Å². The first-order valence-electron chi connectivity index (χ1n) is 6.50. The van der Waals surface area contributed by atoms with Crippen LogP contribution in [-0.2, 0) is 0 Å². The van der Waals surface area contributed by atoms with Gasteiger partial charge in [0.15, 0.2) is 0 Å². The van der Waals surface area contributed by atoms with E-state index >= 15 is 0 Å². The smallest absolute Gasteiger partial charge is 0.206 e. The Labute approximate surface area is 121 Å². The number of aromatic nitrogens is 1. The summed E-state index contributed by atoms with van der Waals surface area (Å²) in [4.78, 5) is 15.6. The van der Waals surface area contributed by atoms with E-state index < -0.39 is 6.10 Å². The maximum Gasteiger partial charge on any atom is 0.206 e. The molecule has 1 aliphatic carbocycles. The van der Waals surface area contributed by atoms with Crippen molar-refractivity contribution in [2.75, 3.05) is 0 Å². The fourth-order valence-electron chi connectivity index (χ4n) is 2.40. The zero-order chi connectivity index (χ0) is 14.8. The Morgan fingerprint density at radius 1 is 1.29 bits per heavy atom. The Morgan fingerprint density at radius 2 is 2.10 bits per heavy atom. The maximum atomic E-state index is 12.6. The van der Waals surface area contributed by atoms with Crippen molar-refractivity contribution in [2.24, 2.45) is 0 Å². The van der Waals surface area contributed by atoms with E-state index in [1.807, 2.05) is 30.3 Å². The second kappa shape index (κ2) is 5.23. The number of carbonyl (C=O) groups is 1. The van der Waals surface area contributed by atoms with E-state index in [4.69, 9.17) is 0 Å². The number of hydrogen-bond donors (Lipinski definition) is 2. The molecule has 1 aromatic carbocycles. The molecule has 0 bridgehead atoms. The molecule has 4 nitrogen and oxygen atoms in total. The highest BCUT2D eigenvalue weighted by Gasteiger charge is 2.22. The van der Waals surface area contributed by atoms with Gasteiger partial charge in [0.05, 0.1) is 6.10 Å². The number of Topliss-reactive ketones (excluding diaryl/α,β-unsaturated/α-hetero) is 1. The fraction of sp³-hybridized carbons (Fsp3) is 0.0588. The molecule has 2 N–H and O–H groups in total. The number of nitrogens with one attached hydrogen (secondary N) is 1. The Balaban J connectivity index is 2.13. The Hall–Kier alpha value is -2.90. The van der Waals surface area contributed by atoms with Crippen LogP contribution in [0.1, 0.15) is 10.4 Å². The summed E-state index contributed by atoms with van der Waals surface area (Å²) >= 11 is 0. The third-order valence-electron chi connectivity index (χ3n) is 3.46. The molecule has 3 rings (SSSR count). The maximum absolute atomic E-state index is 12.6. The Morgan fingerprint density at radius 3 is 2.86 bits per heavy atom. The van der Waals surface area contributed by atoms with E-state index in [-0.39, 0.29) is 11.4 Å². The average molecular weight is 276 g/mol. The standard InChI is InChI=1S/C17H12N2O2/c18-9-13(12-6-2-4-8-16(12)20)17(21)14-10-19-15-7-3-1-5-11(14)15/h1-8,10,16,19-20H/b13-12+. The molecule has 1 unspecified atom stereocenters. The van der Waals surface area contributed by atoms with E-state index in [1.54, 1.807) is 24.4 Å². The van der Waals surface area contributed by atoms with Gasteiger partial charge in [-0.1, -0.05) is 42.5 Å². The zero-order valence-corrected chi connectivity index (χ0v) is 11.1. The third kappa shape index (κ3) is 2.20. The largest absolute Gasteiger partial charge is 0.384 e. The van der Waals surface area contributed by atoms with Crippen LogP contribution in [0.2, 0.25) is 0 Å². The molecular weight excluding hydrogens is 264 g/mol. The van der Waals surface area contributed by atoms with Crippen molar-refractivity contribution >= 4 is 16.7 Å². The molecular formula is C17H12N2O2. The number of carbonyl (C=O) groups excluding carboxylic acids is 1. The molecule has 1 aromatic heterocycles. The van der Waals surface area contributed by atoms with Crippen molar-refractivity contribution < 1.29 is 9.90 Å². The number of ketones is 1. The lowest BCUT2D eigenvalue weighted by Crippen LogP contribution is -2.14. The Bertz CT molecular complexity index is 847. The number of benzene rings is 1. The molecule has 102 valence electrons. The molecule has 4 heteroatoms. The van der Waals surface area contributed by atoms with E-state index in [0.29, 0.717) is 11.1 Å². The van der Waals surface area contributed by atoms with Gasteiger partial charge in [-0.3, -0.25) is 4.79 Å². The predicted molar refractivity (Wildman–Crippen MR) is 79.6 cm³/mol. The molecule has 2 aromatic rings. The Kier molecular flexibility index (Phi) is 3.27. The van der Waals surface area contributed by atoms with Crippen molar-refractivity contribution in [2.45, 2.75) is 6.10 Å². The predicted octanol–water partition coefficient (Wildman–Crippen LogP) is 2.66. The molecule has 0 spiro atoms. The first-order valence-corrected chi connectivity index (χ1v) is 6.50. The van der Waals surface area contributed by atoms with Gasteiger partial charge in [0.1, 0.15) is 11.6 Å². The lowest BCUT2D eigenvalue weighted by molar-refractivity contribution is 0.103. The van der Waals surface area contributed by atoms with Crippen molar-refractivity contribution in [1.82, 2.24) is 4.98 Å². The number of nitriles is 1. The van der Waals surface area contributed by atoms with Crippen molar-refractivity contribution in [3.05, 3.63) is 71.5 Å². The molecule has 1 atom stereocenters. The average Bonchev–Trinajstić information content (AvgIpc) is 2.93. The molecule has 0 amide bonds. The quantitative estimate of drug-likeness (QED) is 0.503. The summed E-state index contributed by atoms with van der Waals surface area (Å²) in [6, 6.07) is 9.32. The summed E-state index contributed by atoms with van der Waals surface area (Å²) in [6.07, 6.45) is 7.17. The van der Waals surface area contributed by atoms with Gasteiger partial charge in [-0.2, -0.15) is 5.26 Å². The van der Waals surface area contributed by atoms with Crippen LogP contribution >= 0.6 is 0 Å². The molecule has 1 heterocycles. The van der Waals surface area contributed by atoms with Gasteiger partial charge in [-0.25, -0.2) is 0 Å². The minimum atomic E-state index is -0.932. The molecule has 0 radical (unpaired) electrons. The fourth-order valence-corrected chi connectivity index (χ4v) is 2.40. The van der Waals surface area contributed by atoms with Crippen LogP contribution in [0, 0.1) is 11.3 Å². The van der Waals surface area contributed by atoms with Gasteiger partial charge in [0, 0.05) is 28.2 Å². The summed E-state index contributed by atoms with van der Waals surface area (Å²) in [5.41, 5.74) is 1.57. The number of allylic oxidation sites excluding steroid dienone is 3. The van der Waals surface area contributed by atoms with Gasteiger partial charge < -0.3 is 10.1 Å². The molecule has 1 aliphatic rings. The monoisotopic (exact) mass is 276 g/mol. The highest BCUT2D eigenvalue weighted by atomic mass is 16.3. The van der Waals surface area contributed by atoms with Gasteiger partial charge in [-0.05, 0) is 6.07 Å². The van der Waals surface area contributed by atoms with Crippen LogP contribution in [0.5, 0.6) is 0 Å².